The van der Waals surface area contributed by atoms with Gasteiger partial charge in [-0.2, -0.15) is 0 Å². The molecule has 0 aromatic rings. The summed E-state index contributed by atoms with van der Waals surface area (Å²) in [5.74, 6) is 0. The van der Waals surface area contributed by atoms with E-state index in [0.717, 1.165) is 13.0 Å². The lowest BCUT2D eigenvalue weighted by Crippen LogP contribution is -2.39. The Hall–Kier alpha value is -0.120. The third kappa shape index (κ3) is 13.8. The molecule has 1 unspecified atom stereocenters. The van der Waals surface area contributed by atoms with Crippen molar-refractivity contribution >= 4 is 0 Å². The summed E-state index contributed by atoms with van der Waals surface area (Å²) < 4.78 is 0. The van der Waals surface area contributed by atoms with Crippen LogP contribution < -0.4 is 16.8 Å². The number of unbranched alkanes of at least 4 members (excludes halogenated alkanes) is 8. The molecular formula is C14H33N3. The van der Waals surface area contributed by atoms with Crippen LogP contribution in [0.1, 0.15) is 71.1 Å². The Kier molecular flexibility index (Phi) is 13.8. The molecule has 0 aromatic heterocycles. The molecule has 0 amide bonds. The molecule has 0 aromatic carbocycles. The van der Waals surface area contributed by atoms with Crippen LogP contribution in [0.15, 0.2) is 0 Å². The number of hydrogen-bond donors (Lipinski definition) is 3. The molecule has 0 rings (SSSR count). The first-order chi connectivity index (χ1) is 8.31. The summed E-state index contributed by atoms with van der Waals surface area (Å²) in [7, 11) is 0. The van der Waals surface area contributed by atoms with Gasteiger partial charge in [0.15, 0.2) is 0 Å². The van der Waals surface area contributed by atoms with Gasteiger partial charge in [-0.3, -0.25) is 0 Å². The Morgan fingerprint density at radius 1 is 0.882 bits per heavy atom. The van der Waals surface area contributed by atoms with Gasteiger partial charge < -0.3 is 16.8 Å². The van der Waals surface area contributed by atoms with Crippen molar-refractivity contribution < 1.29 is 0 Å². The zero-order chi connectivity index (χ0) is 12.8. The summed E-state index contributed by atoms with van der Waals surface area (Å²) in [6.07, 6.45) is 13.6. The van der Waals surface area contributed by atoms with Crippen molar-refractivity contribution in [3.05, 3.63) is 0 Å². The van der Waals surface area contributed by atoms with E-state index in [1.165, 1.54) is 57.8 Å². The van der Waals surface area contributed by atoms with Crippen LogP contribution in [0.4, 0.5) is 0 Å². The molecule has 17 heavy (non-hydrogen) atoms. The van der Waals surface area contributed by atoms with Gasteiger partial charge in [-0.05, 0) is 6.42 Å². The number of hydrogen-bond acceptors (Lipinski definition) is 3. The standard InChI is InChI=1S/C14H33N3/c1-2-3-4-5-6-7-8-9-10-11-14(16)17-13-12-15/h14,17H,2-13,15-16H2,1H3. The van der Waals surface area contributed by atoms with Crippen molar-refractivity contribution in [3.63, 3.8) is 0 Å². The van der Waals surface area contributed by atoms with Crippen LogP contribution in [0.5, 0.6) is 0 Å². The fourth-order valence-electron chi connectivity index (χ4n) is 2.05. The molecule has 104 valence electrons. The zero-order valence-electron chi connectivity index (χ0n) is 11.7. The predicted octanol–water partition coefficient (Wildman–Crippen LogP) is 2.74. The molecule has 3 nitrogen and oxygen atoms in total. The molecular weight excluding hydrogens is 210 g/mol. The number of nitrogens with two attached hydrogens (primary N) is 2. The van der Waals surface area contributed by atoms with E-state index in [2.05, 4.69) is 12.2 Å². The van der Waals surface area contributed by atoms with Crippen molar-refractivity contribution in [1.82, 2.24) is 5.32 Å². The van der Waals surface area contributed by atoms with Crippen LogP contribution in [0.3, 0.4) is 0 Å². The second-order valence-electron chi connectivity index (χ2n) is 4.97. The minimum absolute atomic E-state index is 0.142. The monoisotopic (exact) mass is 243 g/mol. The third-order valence-corrected chi connectivity index (χ3v) is 3.17. The molecule has 0 fully saturated rings. The van der Waals surface area contributed by atoms with E-state index in [0.29, 0.717) is 6.54 Å². The van der Waals surface area contributed by atoms with E-state index >= 15 is 0 Å². The first kappa shape index (κ1) is 16.9. The van der Waals surface area contributed by atoms with Gasteiger partial charge in [-0.1, -0.05) is 64.7 Å². The molecule has 5 N–H and O–H groups in total. The topological polar surface area (TPSA) is 64.1 Å². The molecule has 0 aliphatic carbocycles. The maximum atomic E-state index is 5.89. The lowest BCUT2D eigenvalue weighted by Gasteiger charge is -2.12. The van der Waals surface area contributed by atoms with Crippen LogP contribution in [-0.2, 0) is 0 Å². The Labute approximate surface area is 108 Å². The molecule has 3 heteroatoms. The summed E-state index contributed by atoms with van der Waals surface area (Å²) in [6, 6.07) is 0. The lowest BCUT2D eigenvalue weighted by atomic mass is 10.1. The predicted molar refractivity (Wildman–Crippen MR) is 76.9 cm³/mol. The van der Waals surface area contributed by atoms with E-state index in [9.17, 15) is 0 Å². The highest BCUT2D eigenvalue weighted by atomic mass is 15.0. The first-order valence-corrected chi connectivity index (χ1v) is 7.50. The fourth-order valence-corrected chi connectivity index (χ4v) is 2.05. The van der Waals surface area contributed by atoms with Gasteiger partial charge in [0.05, 0.1) is 6.17 Å². The largest absolute Gasteiger partial charge is 0.329 e. The smallest absolute Gasteiger partial charge is 0.0546 e. The molecule has 0 aliphatic heterocycles. The van der Waals surface area contributed by atoms with Gasteiger partial charge in [-0.25, -0.2) is 0 Å². The maximum absolute atomic E-state index is 5.89. The van der Waals surface area contributed by atoms with Crippen molar-refractivity contribution in [1.29, 1.82) is 0 Å². The van der Waals surface area contributed by atoms with E-state index in [1.807, 2.05) is 0 Å². The molecule has 0 bridgehead atoms. The SMILES string of the molecule is CCCCCCCCCCCC(N)NCCN. The Balaban J connectivity index is 3.02. The van der Waals surface area contributed by atoms with E-state index in [-0.39, 0.29) is 6.17 Å². The second kappa shape index (κ2) is 13.9. The second-order valence-corrected chi connectivity index (χ2v) is 4.97. The summed E-state index contributed by atoms with van der Waals surface area (Å²) in [4.78, 5) is 0. The average Bonchev–Trinajstić information content (AvgIpc) is 2.34. The Bertz CT molecular complexity index is 139. The molecule has 0 aliphatic rings. The van der Waals surface area contributed by atoms with Crippen molar-refractivity contribution in [2.24, 2.45) is 11.5 Å². The average molecular weight is 243 g/mol. The highest BCUT2D eigenvalue weighted by Crippen LogP contribution is 2.10. The van der Waals surface area contributed by atoms with Gasteiger partial charge in [0.1, 0.15) is 0 Å². The summed E-state index contributed by atoms with van der Waals surface area (Å²) in [6.45, 7) is 3.77. The summed E-state index contributed by atoms with van der Waals surface area (Å²) >= 11 is 0. The van der Waals surface area contributed by atoms with Crippen LogP contribution in [0, 0.1) is 0 Å². The number of nitrogens with one attached hydrogen (secondary N) is 1. The van der Waals surface area contributed by atoms with Gasteiger partial charge in [0, 0.05) is 13.1 Å². The van der Waals surface area contributed by atoms with Crippen molar-refractivity contribution in [2.45, 2.75) is 77.3 Å². The Morgan fingerprint density at radius 3 is 1.94 bits per heavy atom. The molecule has 0 saturated carbocycles. The Morgan fingerprint density at radius 2 is 1.41 bits per heavy atom. The molecule has 0 saturated heterocycles. The van der Waals surface area contributed by atoms with Crippen molar-refractivity contribution in [3.8, 4) is 0 Å². The molecule has 0 radical (unpaired) electrons. The highest BCUT2D eigenvalue weighted by molar-refractivity contribution is 4.59. The van der Waals surface area contributed by atoms with Gasteiger partial charge in [0.2, 0.25) is 0 Å². The molecule has 0 heterocycles. The van der Waals surface area contributed by atoms with Gasteiger partial charge in [0.25, 0.3) is 0 Å². The van der Waals surface area contributed by atoms with E-state index in [4.69, 9.17) is 11.5 Å². The zero-order valence-corrected chi connectivity index (χ0v) is 11.7. The minimum atomic E-state index is 0.142. The normalized spacial score (nSPS) is 12.9. The molecule has 0 spiro atoms. The number of rotatable bonds is 13. The first-order valence-electron chi connectivity index (χ1n) is 7.50. The van der Waals surface area contributed by atoms with Crippen LogP contribution >= 0.6 is 0 Å². The van der Waals surface area contributed by atoms with E-state index in [1.54, 1.807) is 0 Å². The van der Waals surface area contributed by atoms with E-state index < -0.39 is 0 Å². The highest BCUT2D eigenvalue weighted by Gasteiger charge is 1.99. The minimum Gasteiger partial charge on any atom is -0.329 e. The van der Waals surface area contributed by atoms with Crippen LogP contribution in [0.2, 0.25) is 0 Å². The van der Waals surface area contributed by atoms with Crippen LogP contribution in [-0.4, -0.2) is 19.3 Å². The maximum Gasteiger partial charge on any atom is 0.0546 e. The lowest BCUT2D eigenvalue weighted by molar-refractivity contribution is 0.466. The van der Waals surface area contributed by atoms with Crippen molar-refractivity contribution in [2.75, 3.05) is 13.1 Å². The molecule has 1 atom stereocenters. The quantitative estimate of drug-likeness (QED) is 0.344. The summed E-state index contributed by atoms with van der Waals surface area (Å²) in [5.41, 5.74) is 11.3. The van der Waals surface area contributed by atoms with Gasteiger partial charge in [-0.15, -0.1) is 0 Å². The van der Waals surface area contributed by atoms with Crippen LogP contribution in [0.25, 0.3) is 0 Å². The fraction of sp³-hybridized carbons (Fsp3) is 1.00. The van der Waals surface area contributed by atoms with Gasteiger partial charge >= 0.3 is 0 Å². The summed E-state index contributed by atoms with van der Waals surface area (Å²) in [5, 5.41) is 3.21. The third-order valence-electron chi connectivity index (χ3n) is 3.17.